The van der Waals surface area contributed by atoms with E-state index in [0.717, 1.165) is 44.2 Å². The van der Waals surface area contributed by atoms with Crippen LogP contribution in [0, 0.1) is 11.3 Å². The molecule has 2 aromatic heterocycles. The molecule has 3 aromatic rings. The molecule has 0 radical (unpaired) electrons. The number of benzene rings is 1. The summed E-state index contributed by atoms with van der Waals surface area (Å²) in [6.07, 6.45) is 3.66. The fourth-order valence-corrected chi connectivity index (χ4v) is 4.08. The SMILES string of the molecule is C=Cc1cc(-c2c(C#N)c3ccc(OC)cc3n2CC)sc1C=C. The van der Waals surface area contributed by atoms with Crippen molar-refractivity contribution < 1.29 is 4.74 Å². The number of nitrogens with zero attached hydrogens (tertiary/aromatic N) is 2. The molecule has 0 saturated heterocycles. The van der Waals surface area contributed by atoms with Crippen LogP contribution in [0.1, 0.15) is 22.9 Å². The van der Waals surface area contributed by atoms with Crippen LogP contribution in [-0.4, -0.2) is 11.7 Å². The molecular formula is C20H18N2OS. The lowest BCUT2D eigenvalue weighted by Gasteiger charge is -2.07. The average Bonchev–Trinajstić information content (AvgIpc) is 3.18. The van der Waals surface area contributed by atoms with Crippen molar-refractivity contribution in [1.82, 2.24) is 4.57 Å². The van der Waals surface area contributed by atoms with E-state index in [4.69, 9.17) is 4.74 Å². The Labute approximate surface area is 145 Å². The van der Waals surface area contributed by atoms with E-state index < -0.39 is 0 Å². The molecule has 0 amide bonds. The first-order valence-electron chi connectivity index (χ1n) is 7.67. The van der Waals surface area contributed by atoms with Crippen LogP contribution in [0.25, 0.3) is 33.6 Å². The van der Waals surface area contributed by atoms with E-state index in [1.54, 1.807) is 18.4 Å². The second-order valence-corrected chi connectivity index (χ2v) is 6.39. The molecule has 0 unspecified atom stereocenters. The van der Waals surface area contributed by atoms with Gasteiger partial charge in [0, 0.05) is 22.9 Å². The minimum atomic E-state index is 0.696. The number of hydrogen-bond acceptors (Lipinski definition) is 3. The molecule has 0 saturated carbocycles. The van der Waals surface area contributed by atoms with Crippen molar-refractivity contribution in [2.75, 3.05) is 7.11 Å². The predicted octanol–water partition coefficient (Wildman–Crippen LogP) is 5.56. The number of thiophene rings is 1. The van der Waals surface area contributed by atoms with Gasteiger partial charge in [0.2, 0.25) is 0 Å². The molecule has 0 aliphatic rings. The van der Waals surface area contributed by atoms with Gasteiger partial charge in [0.1, 0.15) is 11.8 Å². The maximum Gasteiger partial charge on any atom is 0.120 e. The summed E-state index contributed by atoms with van der Waals surface area (Å²) in [5, 5.41) is 10.7. The van der Waals surface area contributed by atoms with Crippen LogP contribution in [-0.2, 0) is 6.54 Å². The largest absolute Gasteiger partial charge is 0.497 e. The smallest absolute Gasteiger partial charge is 0.120 e. The molecule has 0 aliphatic heterocycles. The molecule has 2 heterocycles. The van der Waals surface area contributed by atoms with Gasteiger partial charge in [0.25, 0.3) is 0 Å². The fourth-order valence-electron chi connectivity index (χ4n) is 3.01. The number of ether oxygens (including phenoxy) is 1. The van der Waals surface area contributed by atoms with Gasteiger partial charge in [0.15, 0.2) is 0 Å². The van der Waals surface area contributed by atoms with E-state index >= 15 is 0 Å². The summed E-state index contributed by atoms with van der Waals surface area (Å²) in [7, 11) is 1.65. The standard InChI is InChI=1S/C20H18N2OS/c1-5-13-10-19(24-18(13)6-2)20-16(12-21)15-9-8-14(23-4)11-17(15)22(20)7-3/h5-6,8-11H,1-2,7H2,3-4H3. The van der Waals surface area contributed by atoms with Crippen molar-refractivity contribution >= 4 is 34.4 Å². The molecule has 1 aromatic carbocycles. The van der Waals surface area contributed by atoms with E-state index in [-0.39, 0.29) is 0 Å². The monoisotopic (exact) mass is 334 g/mol. The van der Waals surface area contributed by atoms with Crippen LogP contribution < -0.4 is 4.74 Å². The number of rotatable bonds is 5. The number of fused-ring (bicyclic) bond motifs is 1. The minimum absolute atomic E-state index is 0.696. The summed E-state index contributed by atoms with van der Waals surface area (Å²) >= 11 is 1.63. The molecule has 24 heavy (non-hydrogen) atoms. The molecule has 0 aliphatic carbocycles. The molecule has 3 nitrogen and oxygen atoms in total. The van der Waals surface area contributed by atoms with Crippen LogP contribution in [0.4, 0.5) is 0 Å². The summed E-state index contributed by atoms with van der Waals surface area (Å²) in [5.74, 6) is 0.787. The third-order valence-corrected chi connectivity index (χ3v) is 5.28. The van der Waals surface area contributed by atoms with E-state index in [1.165, 1.54) is 0 Å². The highest BCUT2D eigenvalue weighted by Crippen LogP contribution is 2.40. The van der Waals surface area contributed by atoms with Crippen molar-refractivity contribution in [3.05, 3.63) is 53.4 Å². The van der Waals surface area contributed by atoms with Crippen LogP contribution in [0.3, 0.4) is 0 Å². The van der Waals surface area contributed by atoms with Gasteiger partial charge >= 0.3 is 0 Å². The molecule has 0 N–H and O–H groups in total. The van der Waals surface area contributed by atoms with E-state index in [1.807, 2.05) is 30.4 Å². The number of aromatic nitrogens is 1. The first kappa shape index (κ1) is 16.1. The summed E-state index contributed by atoms with van der Waals surface area (Å²) < 4.78 is 7.52. The molecule has 0 atom stereocenters. The molecule has 120 valence electrons. The Morgan fingerprint density at radius 2 is 2.08 bits per heavy atom. The van der Waals surface area contributed by atoms with Crippen molar-refractivity contribution in [3.63, 3.8) is 0 Å². The normalized spacial score (nSPS) is 10.5. The highest BCUT2D eigenvalue weighted by molar-refractivity contribution is 7.16. The Morgan fingerprint density at radius 1 is 1.29 bits per heavy atom. The Bertz CT molecular complexity index is 960. The highest BCUT2D eigenvalue weighted by atomic mass is 32.1. The van der Waals surface area contributed by atoms with Gasteiger partial charge < -0.3 is 9.30 Å². The van der Waals surface area contributed by atoms with Gasteiger partial charge in [-0.1, -0.05) is 25.3 Å². The van der Waals surface area contributed by atoms with Crippen LogP contribution in [0.15, 0.2) is 37.4 Å². The topological polar surface area (TPSA) is 37.9 Å². The van der Waals surface area contributed by atoms with E-state index in [2.05, 4.69) is 36.8 Å². The molecular weight excluding hydrogens is 316 g/mol. The zero-order valence-corrected chi connectivity index (χ0v) is 14.6. The number of hydrogen-bond donors (Lipinski definition) is 0. The maximum absolute atomic E-state index is 9.77. The third kappa shape index (κ3) is 2.34. The molecule has 0 bridgehead atoms. The molecule has 4 heteroatoms. The third-order valence-electron chi connectivity index (χ3n) is 4.13. The minimum Gasteiger partial charge on any atom is -0.497 e. The Morgan fingerprint density at radius 3 is 2.62 bits per heavy atom. The van der Waals surface area contributed by atoms with Crippen molar-refractivity contribution in [2.24, 2.45) is 0 Å². The first-order chi connectivity index (χ1) is 11.7. The fraction of sp³-hybridized carbons (Fsp3) is 0.150. The van der Waals surface area contributed by atoms with Gasteiger partial charge in [-0.15, -0.1) is 11.3 Å². The zero-order valence-electron chi connectivity index (χ0n) is 13.8. The van der Waals surface area contributed by atoms with E-state index in [0.29, 0.717) is 5.56 Å². The average molecular weight is 334 g/mol. The first-order valence-corrected chi connectivity index (χ1v) is 8.49. The van der Waals surface area contributed by atoms with Gasteiger partial charge in [-0.25, -0.2) is 0 Å². The number of nitriles is 1. The van der Waals surface area contributed by atoms with Gasteiger partial charge in [-0.2, -0.15) is 5.26 Å². The lowest BCUT2D eigenvalue weighted by Crippen LogP contribution is -1.96. The van der Waals surface area contributed by atoms with Crippen molar-refractivity contribution in [1.29, 1.82) is 5.26 Å². The zero-order chi connectivity index (χ0) is 17.3. The summed E-state index contributed by atoms with van der Waals surface area (Å²) in [6, 6.07) is 10.3. The quantitative estimate of drug-likeness (QED) is 0.613. The summed E-state index contributed by atoms with van der Waals surface area (Å²) in [5.41, 5.74) is 3.70. The van der Waals surface area contributed by atoms with Crippen molar-refractivity contribution in [2.45, 2.75) is 13.5 Å². The number of aryl methyl sites for hydroxylation is 1. The molecule has 0 fully saturated rings. The van der Waals surface area contributed by atoms with Crippen LogP contribution in [0.5, 0.6) is 5.75 Å². The second kappa shape index (κ2) is 6.38. The van der Waals surface area contributed by atoms with Gasteiger partial charge in [0.05, 0.1) is 28.8 Å². The highest BCUT2D eigenvalue weighted by Gasteiger charge is 2.20. The van der Waals surface area contributed by atoms with Crippen molar-refractivity contribution in [3.8, 4) is 22.4 Å². The lowest BCUT2D eigenvalue weighted by molar-refractivity contribution is 0.415. The molecule has 0 spiro atoms. The van der Waals surface area contributed by atoms with Gasteiger partial charge in [-0.3, -0.25) is 0 Å². The molecule has 3 rings (SSSR count). The lowest BCUT2D eigenvalue weighted by atomic mass is 10.1. The second-order valence-electron chi connectivity index (χ2n) is 5.30. The van der Waals surface area contributed by atoms with Gasteiger partial charge in [-0.05, 0) is 30.7 Å². The Hall–Kier alpha value is -2.77. The maximum atomic E-state index is 9.77. The summed E-state index contributed by atoms with van der Waals surface area (Å²) in [6.45, 7) is 10.6. The number of methoxy groups -OCH3 is 1. The van der Waals surface area contributed by atoms with Crippen LogP contribution >= 0.6 is 11.3 Å². The Balaban J connectivity index is 2.38. The predicted molar refractivity (Wildman–Crippen MR) is 102 cm³/mol. The summed E-state index contributed by atoms with van der Waals surface area (Å²) in [4.78, 5) is 2.11. The van der Waals surface area contributed by atoms with Crippen LogP contribution in [0.2, 0.25) is 0 Å². The van der Waals surface area contributed by atoms with E-state index in [9.17, 15) is 5.26 Å². The Kier molecular flexibility index (Phi) is 4.28.